The summed E-state index contributed by atoms with van der Waals surface area (Å²) in [6.07, 6.45) is -0.553. The highest BCUT2D eigenvalue weighted by molar-refractivity contribution is 4.73. The van der Waals surface area contributed by atoms with Gasteiger partial charge < -0.3 is 10.2 Å². The van der Waals surface area contributed by atoms with E-state index in [0.29, 0.717) is 19.0 Å². The molecule has 1 fully saturated rings. The molecule has 0 bridgehead atoms. The fourth-order valence-electron chi connectivity index (χ4n) is 2.58. The zero-order valence-corrected chi connectivity index (χ0v) is 13.4. The number of halogens is 3. The Balaban J connectivity index is 1.96. The summed E-state index contributed by atoms with van der Waals surface area (Å²) in [5.41, 5.74) is 0. The van der Waals surface area contributed by atoms with Gasteiger partial charge in [0, 0.05) is 26.2 Å². The Morgan fingerprint density at radius 1 is 0.952 bits per heavy atom. The first-order chi connectivity index (χ1) is 9.87. The number of nitrogens with zero attached hydrogens (tertiary/aromatic N) is 2. The lowest BCUT2D eigenvalue weighted by atomic mass is 10.2. The van der Waals surface area contributed by atoms with Crippen LogP contribution in [-0.4, -0.2) is 68.3 Å². The van der Waals surface area contributed by atoms with Crippen molar-refractivity contribution in [3.8, 4) is 0 Å². The van der Waals surface area contributed by atoms with Crippen molar-refractivity contribution in [2.24, 2.45) is 5.92 Å². The van der Waals surface area contributed by atoms with E-state index < -0.39 is 12.7 Å². The maximum atomic E-state index is 12.3. The van der Waals surface area contributed by atoms with Gasteiger partial charge in [-0.05, 0) is 38.4 Å². The summed E-state index contributed by atoms with van der Waals surface area (Å²) in [5, 5.41) is 3.42. The van der Waals surface area contributed by atoms with Crippen molar-refractivity contribution in [3.05, 3.63) is 0 Å². The number of nitrogens with one attached hydrogen (secondary N) is 1. The Morgan fingerprint density at radius 3 is 2.14 bits per heavy atom. The topological polar surface area (TPSA) is 18.5 Å². The third-order valence-electron chi connectivity index (χ3n) is 3.75. The highest BCUT2D eigenvalue weighted by Crippen LogP contribution is 2.17. The predicted octanol–water partition coefficient (Wildman–Crippen LogP) is 2.58. The Kier molecular flexibility index (Phi) is 8.59. The Morgan fingerprint density at radius 2 is 1.57 bits per heavy atom. The monoisotopic (exact) mass is 309 g/mol. The fourth-order valence-corrected chi connectivity index (χ4v) is 2.58. The van der Waals surface area contributed by atoms with Crippen LogP contribution in [0.2, 0.25) is 0 Å². The molecule has 1 saturated heterocycles. The van der Waals surface area contributed by atoms with Crippen LogP contribution in [0.25, 0.3) is 0 Å². The van der Waals surface area contributed by atoms with Gasteiger partial charge >= 0.3 is 6.18 Å². The molecule has 126 valence electrons. The summed E-state index contributed by atoms with van der Waals surface area (Å²) < 4.78 is 36.8. The van der Waals surface area contributed by atoms with Gasteiger partial charge in [0.25, 0.3) is 0 Å². The quantitative estimate of drug-likeness (QED) is 0.661. The fraction of sp³-hybridized carbons (Fsp3) is 1.00. The first-order valence-electron chi connectivity index (χ1n) is 8.09. The lowest BCUT2D eigenvalue weighted by Crippen LogP contribution is -2.49. The molecule has 21 heavy (non-hydrogen) atoms. The molecule has 0 aliphatic carbocycles. The highest BCUT2D eigenvalue weighted by atomic mass is 19.4. The standard InChI is InChI=1S/C15H30F3N3/c1-14(2)12-19-6-4-3-5-7-20-8-10-21(11-9-20)13-15(16,17)18/h14,19H,3-13H2,1-2H3. The van der Waals surface area contributed by atoms with E-state index >= 15 is 0 Å². The van der Waals surface area contributed by atoms with Gasteiger partial charge in [0.05, 0.1) is 6.54 Å². The summed E-state index contributed by atoms with van der Waals surface area (Å²) in [6.45, 7) is 9.40. The summed E-state index contributed by atoms with van der Waals surface area (Å²) in [7, 11) is 0. The van der Waals surface area contributed by atoms with Crippen molar-refractivity contribution < 1.29 is 13.2 Å². The molecule has 0 saturated carbocycles. The zero-order chi connectivity index (χ0) is 15.7. The summed E-state index contributed by atoms with van der Waals surface area (Å²) in [6, 6.07) is 0. The Labute approximate surface area is 126 Å². The van der Waals surface area contributed by atoms with Crippen molar-refractivity contribution in [1.29, 1.82) is 0 Å². The van der Waals surface area contributed by atoms with Gasteiger partial charge in [-0.1, -0.05) is 20.3 Å². The minimum absolute atomic E-state index is 0.537. The van der Waals surface area contributed by atoms with Gasteiger partial charge in [-0.3, -0.25) is 4.90 Å². The van der Waals surface area contributed by atoms with E-state index in [0.717, 1.165) is 39.1 Å². The molecule has 6 heteroatoms. The van der Waals surface area contributed by atoms with Crippen LogP contribution >= 0.6 is 0 Å². The molecule has 1 aliphatic rings. The van der Waals surface area contributed by atoms with Crippen LogP contribution in [0, 0.1) is 5.92 Å². The minimum Gasteiger partial charge on any atom is -0.316 e. The molecule has 0 amide bonds. The number of piperazine rings is 1. The van der Waals surface area contributed by atoms with Gasteiger partial charge in [0.2, 0.25) is 0 Å². The predicted molar refractivity (Wildman–Crippen MR) is 80.5 cm³/mol. The van der Waals surface area contributed by atoms with E-state index in [1.165, 1.54) is 17.7 Å². The van der Waals surface area contributed by atoms with Crippen LogP contribution in [0.4, 0.5) is 13.2 Å². The van der Waals surface area contributed by atoms with Crippen LogP contribution in [0.1, 0.15) is 33.1 Å². The van der Waals surface area contributed by atoms with Crippen molar-refractivity contribution in [3.63, 3.8) is 0 Å². The highest BCUT2D eigenvalue weighted by Gasteiger charge is 2.31. The molecule has 0 unspecified atom stereocenters. The second kappa shape index (κ2) is 9.64. The lowest BCUT2D eigenvalue weighted by Gasteiger charge is -2.34. The normalized spacial score (nSPS) is 18.6. The molecule has 0 atom stereocenters. The number of unbranched alkanes of at least 4 members (excludes halogenated alkanes) is 2. The van der Waals surface area contributed by atoms with Crippen molar-refractivity contribution in [1.82, 2.24) is 15.1 Å². The van der Waals surface area contributed by atoms with Crippen molar-refractivity contribution in [2.75, 3.05) is 52.4 Å². The molecule has 3 nitrogen and oxygen atoms in total. The van der Waals surface area contributed by atoms with Gasteiger partial charge in [0.15, 0.2) is 0 Å². The third-order valence-corrected chi connectivity index (χ3v) is 3.75. The van der Waals surface area contributed by atoms with Gasteiger partial charge in [-0.2, -0.15) is 13.2 Å². The molecule has 1 aliphatic heterocycles. The minimum atomic E-state index is -4.06. The molecular weight excluding hydrogens is 279 g/mol. The first kappa shape index (κ1) is 18.7. The molecular formula is C15H30F3N3. The van der Waals surface area contributed by atoms with Gasteiger partial charge in [0.1, 0.15) is 0 Å². The molecule has 0 radical (unpaired) electrons. The maximum Gasteiger partial charge on any atom is 0.401 e. The summed E-state index contributed by atoms with van der Waals surface area (Å²) in [5.74, 6) is 0.693. The van der Waals surface area contributed by atoms with Crippen LogP contribution < -0.4 is 5.32 Å². The van der Waals surface area contributed by atoms with E-state index in [4.69, 9.17) is 0 Å². The number of alkyl halides is 3. The SMILES string of the molecule is CC(C)CNCCCCCN1CCN(CC(F)(F)F)CC1. The van der Waals surface area contributed by atoms with E-state index in [-0.39, 0.29) is 0 Å². The second-order valence-corrected chi connectivity index (χ2v) is 6.39. The van der Waals surface area contributed by atoms with Crippen LogP contribution in [0.3, 0.4) is 0 Å². The van der Waals surface area contributed by atoms with Gasteiger partial charge in [-0.15, -0.1) is 0 Å². The Bertz CT molecular complexity index is 261. The van der Waals surface area contributed by atoms with Crippen LogP contribution in [0.15, 0.2) is 0 Å². The van der Waals surface area contributed by atoms with Crippen LogP contribution in [-0.2, 0) is 0 Å². The molecule has 1 rings (SSSR count). The molecule has 1 N–H and O–H groups in total. The summed E-state index contributed by atoms with van der Waals surface area (Å²) >= 11 is 0. The smallest absolute Gasteiger partial charge is 0.316 e. The first-order valence-corrected chi connectivity index (χ1v) is 8.09. The van der Waals surface area contributed by atoms with E-state index in [2.05, 4.69) is 24.1 Å². The third kappa shape index (κ3) is 10.1. The molecule has 0 aromatic heterocycles. The Hall–Kier alpha value is -0.330. The van der Waals surface area contributed by atoms with Crippen molar-refractivity contribution in [2.45, 2.75) is 39.3 Å². The lowest BCUT2D eigenvalue weighted by molar-refractivity contribution is -0.149. The number of hydrogen-bond acceptors (Lipinski definition) is 3. The average molecular weight is 309 g/mol. The van der Waals surface area contributed by atoms with Crippen molar-refractivity contribution >= 4 is 0 Å². The summed E-state index contributed by atoms with van der Waals surface area (Å²) in [4.78, 5) is 3.79. The molecule has 1 heterocycles. The average Bonchev–Trinajstić information content (AvgIpc) is 2.37. The number of rotatable bonds is 9. The number of hydrogen-bond donors (Lipinski definition) is 1. The van der Waals surface area contributed by atoms with E-state index in [1.807, 2.05) is 0 Å². The molecule has 0 aromatic carbocycles. The second-order valence-electron chi connectivity index (χ2n) is 6.39. The van der Waals surface area contributed by atoms with E-state index in [1.54, 1.807) is 0 Å². The van der Waals surface area contributed by atoms with Crippen LogP contribution in [0.5, 0.6) is 0 Å². The molecule has 0 aromatic rings. The van der Waals surface area contributed by atoms with Gasteiger partial charge in [-0.25, -0.2) is 0 Å². The maximum absolute atomic E-state index is 12.3. The largest absolute Gasteiger partial charge is 0.401 e. The van der Waals surface area contributed by atoms with E-state index in [9.17, 15) is 13.2 Å². The molecule has 0 spiro atoms. The zero-order valence-electron chi connectivity index (χ0n) is 13.4.